The monoisotopic (exact) mass is 405 g/mol. The van der Waals surface area contributed by atoms with Gasteiger partial charge in [-0.2, -0.15) is 0 Å². The van der Waals surface area contributed by atoms with Crippen molar-refractivity contribution in [3.8, 4) is 0 Å². The minimum atomic E-state index is -0.488. The molecule has 0 spiro atoms. The van der Waals surface area contributed by atoms with Gasteiger partial charge in [0.2, 0.25) is 5.95 Å². The summed E-state index contributed by atoms with van der Waals surface area (Å²) in [7, 11) is 1.44. The molecule has 9 nitrogen and oxygen atoms in total. The number of carbonyl (C=O) groups excluding carboxylic acids is 2. The van der Waals surface area contributed by atoms with Crippen molar-refractivity contribution in [3.05, 3.63) is 12.4 Å². The first-order chi connectivity index (χ1) is 13.8. The van der Waals surface area contributed by atoms with Gasteiger partial charge < -0.3 is 24.2 Å². The molecule has 160 valence electrons. The van der Waals surface area contributed by atoms with Gasteiger partial charge in [-0.1, -0.05) is 0 Å². The van der Waals surface area contributed by atoms with Gasteiger partial charge in [0.15, 0.2) is 0 Å². The molecule has 0 N–H and O–H groups in total. The minimum Gasteiger partial charge on any atom is -0.469 e. The molecule has 1 aromatic heterocycles. The van der Waals surface area contributed by atoms with E-state index in [1.807, 2.05) is 33.2 Å². The lowest BCUT2D eigenvalue weighted by Gasteiger charge is -2.36. The smallest absolute Gasteiger partial charge is 0.410 e. The first kappa shape index (κ1) is 21.1. The summed E-state index contributed by atoms with van der Waals surface area (Å²) in [6.07, 6.45) is 4.95. The molecule has 2 fully saturated rings. The van der Waals surface area contributed by atoms with Crippen molar-refractivity contribution in [3.63, 3.8) is 0 Å². The summed E-state index contributed by atoms with van der Waals surface area (Å²) >= 11 is 0. The quantitative estimate of drug-likeness (QED) is 0.705. The fourth-order valence-corrected chi connectivity index (χ4v) is 3.60. The number of ether oxygens (including phenoxy) is 2. The van der Waals surface area contributed by atoms with Crippen molar-refractivity contribution in [1.82, 2.24) is 14.9 Å². The molecule has 0 bridgehead atoms. The van der Waals surface area contributed by atoms with Crippen LogP contribution in [0.25, 0.3) is 0 Å². The fourth-order valence-electron chi connectivity index (χ4n) is 3.60. The zero-order chi connectivity index (χ0) is 21.0. The minimum absolute atomic E-state index is 0.0160. The second-order valence-corrected chi connectivity index (χ2v) is 8.48. The number of anilines is 2. The summed E-state index contributed by atoms with van der Waals surface area (Å²) in [5, 5.41) is 0. The van der Waals surface area contributed by atoms with E-state index in [1.165, 1.54) is 7.11 Å². The number of rotatable bonds is 3. The van der Waals surface area contributed by atoms with E-state index in [0.29, 0.717) is 32.1 Å². The van der Waals surface area contributed by atoms with Crippen LogP contribution in [0.5, 0.6) is 0 Å². The van der Waals surface area contributed by atoms with E-state index >= 15 is 0 Å². The van der Waals surface area contributed by atoms with Gasteiger partial charge in [-0.25, -0.2) is 14.8 Å². The third-order valence-corrected chi connectivity index (χ3v) is 5.23. The van der Waals surface area contributed by atoms with Gasteiger partial charge >= 0.3 is 12.1 Å². The molecule has 29 heavy (non-hydrogen) atoms. The Hall–Kier alpha value is -2.58. The molecule has 3 rings (SSSR count). The van der Waals surface area contributed by atoms with Crippen LogP contribution in [0.2, 0.25) is 0 Å². The highest BCUT2D eigenvalue weighted by molar-refractivity contribution is 5.72. The van der Waals surface area contributed by atoms with Gasteiger partial charge in [0, 0.05) is 39.3 Å². The molecule has 0 unspecified atom stereocenters. The number of nitrogens with zero attached hydrogens (tertiary/aromatic N) is 5. The maximum absolute atomic E-state index is 12.2. The summed E-state index contributed by atoms with van der Waals surface area (Å²) in [6.45, 7) is 9.69. The van der Waals surface area contributed by atoms with E-state index < -0.39 is 5.60 Å². The molecule has 1 aromatic rings. The lowest BCUT2D eigenvalue weighted by Crippen LogP contribution is -2.50. The lowest BCUT2D eigenvalue weighted by atomic mass is 9.97. The molecule has 0 radical (unpaired) electrons. The van der Waals surface area contributed by atoms with Crippen molar-refractivity contribution >= 4 is 23.7 Å². The van der Waals surface area contributed by atoms with Gasteiger partial charge in [-0.05, 0) is 33.6 Å². The molecule has 1 amide bonds. The molecular formula is C20H31N5O4. The van der Waals surface area contributed by atoms with Crippen LogP contribution < -0.4 is 9.80 Å². The summed E-state index contributed by atoms with van der Waals surface area (Å²) in [4.78, 5) is 38.9. The molecule has 0 aromatic carbocycles. The van der Waals surface area contributed by atoms with E-state index in [1.54, 1.807) is 4.90 Å². The number of piperidine rings is 1. The van der Waals surface area contributed by atoms with Crippen LogP contribution in [0.15, 0.2) is 12.4 Å². The number of aromatic nitrogens is 2. The molecule has 0 saturated carbocycles. The summed E-state index contributed by atoms with van der Waals surface area (Å²) in [5.41, 5.74) is 0.475. The van der Waals surface area contributed by atoms with Crippen LogP contribution in [0, 0.1) is 5.92 Å². The Bertz CT molecular complexity index is 703. The van der Waals surface area contributed by atoms with Crippen molar-refractivity contribution in [2.45, 2.75) is 39.2 Å². The molecular weight excluding hydrogens is 374 g/mol. The Labute approximate surface area is 172 Å². The van der Waals surface area contributed by atoms with Crippen molar-refractivity contribution < 1.29 is 19.1 Å². The first-order valence-corrected chi connectivity index (χ1v) is 10.1. The second-order valence-electron chi connectivity index (χ2n) is 8.48. The second kappa shape index (κ2) is 8.84. The zero-order valence-electron chi connectivity index (χ0n) is 17.8. The third kappa shape index (κ3) is 5.48. The number of carbonyl (C=O) groups is 2. The van der Waals surface area contributed by atoms with Crippen LogP contribution in [0.3, 0.4) is 0 Å². The Morgan fingerprint density at radius 1 is 0.966 bits per heavy atom. The van der Waals surface area contributed by atoms with Gasteiger partial charge in [0.1, 0.15) is 5.60 Å². The van der Waals surface area contributed by atoms with Crippen molar-refractivity contribution in [2.24, 2.45) is 5.92 Å². The van der Waals surface area contributed by atoms with Gasteiger partial charge in [0.05, 0.1) is 31.1 Å². The van der Waals surface area contributed by atoms with E-state index in [9.17, 15) is 9.59 Å². The Balaban J connectivity index is 1.50. The lowest BCUT2D eigenvalue weighted by molar-refractivity contribution is -0.146. The van der Waals surface area contributed by atoms with Gasteiger partial charge in [-0.3, -0.25) is 4.79 Å². The summed E-state index contributed by atoms with van der Waals surface area (Å²) in [6, 6.07) is 0. The molecule has 9 heteroatoms. The maximum Gasteiger partial charge on any atom is 0.410 e. The average molecular weight is 405 g/mol. The van der Waals surface area contributed by atoms with Gasteiger partial charge in [-0.15, -0.1) is 0 Å². The highest BCUT2D eigenvalue weighted by Gasteiger charge is 2.28. The zero-order valence-corrected chi connectivity index (χ0v) is 17.8. The topological polar surface area (TPSA) is 88.1 Å². The average Bonchev–Trinajstić information content (AvgIpc) is 2.72. The van der Waals surface area contributed by atoms with Crippen LogP contribution in [0.1, 0.15) is 33.6 Å². The number of esters is 1. The Morgan fingerprint density at radius 3 is 2.07 bits per heavy atom. The molecule has 2 saturated heterocycles. The van der Waals surface area contributed by atoms with Crippen molar-refractivity contribution in [2.75, 3.05) is 56.2 Å². The molecule has 0 aliphatic carbocycles. The van der Waals surface area contributed by atoms with E-state index in [0.717, 1.165) is 31.6 Å². The Kier molecular flexibility index (Phi) is 6.44. The predicted octanol–water partition coefficient (Wildman–Crippen LogP) is 1.92. The van der Waals surface area contributed by atoms with E-state index in [2.05, 4.69) is 19.8 Å². The Morgan fingerprint density at radius 2 is 1.55 bits per heavy atom. The SMILES string of the molecule is COC(=O)C1CCN(c2cnc(N3CCN(C(=O)OC(C)(C)C)CC3)nc2)CC1. The molecule has 2 aliphatic rings. The largest absolute Gasteiger partial charge is 0.469 e. The van der Waals surface area contributed by atoms with Crippen molar-refractivity contribution in [1.29, 1.82) is 0 Å². The fraction of sp³-hybridized carbons (Fsp3) is 0.700. The standard InChI is InChI=1S/C20H31N5O4/c1-20(2,3)29-19(27)25-11-9-24(10-12-25)18-21-13-16(14-22-18)23-7-5-15(6-8-23)17(26)28-4/h13-15H,5-12H2,1-4H3. The third-order valence-electron chi connectivity index (χ3n) is 5.23. The van der Waals surface area contributed by atoms with Crippen LogP contribution in [0.4, 0.5) is 16.4 Å². The predicted molar refractivity (Wildman–Crippen MR) is 109 cm³/mol. The number of amides is 1. The van der Waals surface area contributed by atoms with Crippen LogP contribution in [-0.4, -0.2) is 78.9 Å². The molecule has 0 atom stereocenters. The van der Waals surface area contributed by atoms with E-state index in [-0.39, 0.29) is 18.0 Å². The molecule has 2 aliphatic heterocycles. The maximum atomic E-state index is 12.2. The van der Waals surface area contributed by atoms with E-state index in [4.69, 9.17) is 9.47 Å². The summed E-state index contributed by atoms with van der Waals surface area (Å²) < 4.78 is 10.3. The highest BCUT2D eigenvalue weighted by Crippen LogP contribution is 2.24. The number of hydrogen-bond acceptors (Lipinski definition) is 8. The van der Waals surface area contributed by atoms with Gasteiger partial charge in [0.25, 0.3) is 0 Å². The van der Waals surface area contributed by atoms with Crippen LogP contribution in [-0.2, 0) is 14.3 Å². The normalized spacial score (nSPS) is 18.6. The number of hydrogen-bond donors (Lipinski definition) is 0. The number of piperazine rings is 1. The summed E-state index contributed by atoms with van der Waals surface area (Å²) in [5.74, 6) is 0.529. The van der Waals surface area contributed by atoms with Crippen LogP contribution >= 0.6 is 0 Å². The highest BCUT2D eigenvalue weighted by atomic mass is 16.6. The number of methoxy groups -OCH3 is 1. The first-order valence-electron chi connectivity index (χ1n) is 10.1. The molecule has 3 heterocycles.